The zero-order valence-corrected chi connectivity index (χ0v) is 13.8. The Kier molecular flexibility index (Phi) is 4.86. The van der Waals surface area contributed by atoms with Gasteiger partial charge in [0.1, 0.15) is 5.01 Å². The summed E-state index contributed by atoms with van der Waals surface area (Å²) in [5.41, 5.74) is 0.803. The molecule has 0 bridgehead atoms. The number of benzene rings is 1. The van der Waals surface area contributed by atoms with Gasteiger partial charge >= 0.3 is 6.18 Å². The van der Waals surface area contributed by atoms with Crippen LogP contribution in [0.3, 0.4) is 0 Å². The van der Waals surface area contributed by atoms with Crippen molar-refractivity contribution in [3.8, 4) is 0 Å². The molecular formula is C14H14F3N5O2S. The minimum Gasteiger partial charge on any atom is -0.369 e. The van der Waals surface area contributed by atoms with Crippen molar-refractivity contribution in [3.63, 3.8) is 0 Å². The van der Waals surface area contributed by atoms with Crippen molar-refractivity contribution in [3.05, 3.63) is 44.4 Å². The monoisotopic (exact) mass is 373 g/mol. The second-order valence-electron chi connectivity index (χ2n) is 5.54. The summed E-state index contributed by atoms with van der Waals surface area (Å²) in [4.78, 5) is 14.4. The van der Waals surface area contributed by atoms with E-state index in [4.69, 9.17) is 0 Å². The fourth-order valence-electron chi connectivity index (χ4n) is 2.59. The van der Waals surface area contributed by atoms with Crippen LogP contribution in [0, 0.1) is 10.1 Å². The number of nitro benzene ring substituents is 1. The maximum Gasteiger partial charge on any atom is 0.445 e. The van der Waals surface area contributed by atoms with E-state index < -0.39 is 16.1 Å². The van der Waals surface area contributed by atoms with E-state index in [2.05, 4.69) is 10.2 Å². The number of halogens is 3. The van der Waals surface area contributed by atoms with Gasteiger partial charge in [0.15, 0.2) is 0 Å². The molecule has 0 aliphatic carbocycles. The lowest BCUT2D eigenvalue weighted by molar-refractivity contribution is -0.384. The number of nitrogens with zero attached hydrogens (tertiary/aromatic N) is 5. The molecule has 1 aromatic carbocycles. The summed E-state index contributed by atoms with van der Waals surface area (Å²) in [6.45, 7) is 2.84. The summed E-state index contributed by atoms with van der Waals surface area (Å²) in [7, 11) is 0. The van der Waals surface area contributed by atoms with E-state index in [0.29, 0.717) is 49.1 Å². The van der Waals surface area contributed by atoms with Crippen LogP contribution < -0.4 is 4.90 Å². The maximum absolute atomic E-state index is 12.5. The van der Waals surface area contributed by atoms with Crippen molar-refractivity contribution in [1.29, 1.82) is 0 Å². The van der Waals surface area contributed by atoms with Crippen molar-refractivity contribution in [1.82, 2.24) is 15.1 Å². The highest BCUT2D eigenvalue weighted by molar-refractivity contribution is 7.11. The van der Waals surface area contributed by atoms with Crippen LogP contribution in [-0.2, 0) is 12.7 Å². The molecule has 1 aliphatic rings. The first-order chi connectivity index (χ1) is 11.8. The van der Waals surface area contributed by atoms with Gasteiger partial charge in [-0.25, -0.2) is 0 Å². The van der Waals surface area contributed by atoms with Crippen LogP contribution in [0.15, 0.2) is 24.3 Å². The highest BCUT2D eigenvalue weighted by Gasteiger charge is 2.35. The Balaban J connectivity index is 1.58. The molecule has 7 nitrogen and oxygen atoms in total. The van der Waals surface area contributed by atoms with Crippen LogP contribution in [0.5, 0.6) is 0 Å². The highest BCUT2D eigenvalue weighted by Crippen LogP contribution is 2.32. The van der Waals surface area contributed by atoms with Gasteiger partial charge in [0.25, 0.3) is 5.69 Å². The first-order valence-electron chi connectivity index (χ1n) is 7.44. The molecule has 0 radical (unpaired) electrons. The zero-order chi connectivity index (χ0) is 18.0. The van der Waals surface area contributed by atoms with E-state index in [1.54, 1.807) is 6.07 Å². The van der Waals surface area contributed by atoms with Gasteiger partial charge in [0.05, 0.1) is 11.5 Å². The summed E-state index contributed by atoms with van der Waals surface area (Å²) in [6.07, 6.45) is -4.46. The Morgan fingerprint density at radius 3 is 2.52 bits per heavy atom. The Morgan fingerprint density at radius 1 is 1.20 bits per heavy atom. The number of alkyl halides is 3. The minimum atomic E-state index is -4.46. The molecule has 0 atom stereocenters. The van der Waals surface area contributed by atoms with Crippen molar-refractivity contribution >= 4 is 22.7 Å². The predicted octanol–water partition coefficient (Wildman–Crippen LogP) is 2.79. The summed E-state index contributed by atoms with van der Waals surface area (Å²) in [6, 6.07) is 6.41. The van der Waals surface area contributed by atoms with Crippen molar-refractivity contribution in [2.45, 2.75) is 12.7 Å². The summed E-state index contributed by atoms with van der Waals surface area (Å²) in [5, 5.41) is 17.0. The average molecular weight is 373 g/mol. The van der Waals surface area contributed by atoms with E-state index in [9.17, 15) is 23.3 Å². The predicted molar refractivity (Wildman–Crippen MR) is 85.5 cm³/mol. The first kappa shape index (κ1) is 17.5. The third kappa shape index (κ3) is 4.23. The lowest BCUT2D eigenvalue weighted by atomic mass is 10.2. The molecule has 1 aliphatic heterocycles. The number of piperazine rings is 1. The lowest BCUT2D eigenvalue weighted by Gasteiger charge is -2.35. The van der Waals surface area contributed by atoms with E-state index in [1.165, 1.54) is 12.1 Å². The topological polar surface area (TPSA) is 75.4 Å². The third-order valence-corrected chi connectivity index (χ3v) is 4.80. The maximum atomic E-state index is 12.5. The van der Waals surface area contributed by atoms with Gasteiger partial charge in [-0.15, -0.1) is 10.2 Å². The van der Waals surface area contributed by atoms with Crippen LogP contribution >= 0.6 is 11.3 Å². The Bertz CT molecular complexity index is 759. The quantitative estimate of drug-likeness (QED) is 0.606. The normalized spacial score (nSPS) is 16.2. The fraction of sp³-hybridized carbons (Fsp3) is 0.429. The average Bonchev–Trinajstić information content (AvgIpc) is 3.04. The molecule has 0 N–H and O–H groups in total. The minimum absolute atomic E-state index is 0.0356. The second kappa shape index (κ2) is 6.92. The van der Waals surface area contributed by atoms with Crippen molar-refractivity contribution in [2.24, 2.45) is 0 Å². The van der Waals surface area contributed by atoms with Crippen LogP contribution in [-0.4, -0.2) is 46.2 Å². The Hall–Kier alpha value is -2.27. The molecule has 0 unspecified atom stereocenters. The molecule has 0 spiro atoms. The van der Waals surface area contributed by atoms with Crippen LogP contribution in [0.25, 0.3) is 0 Å². The van der Waals surface area contributed by atoms with Gasteiger partial charge in [-0.1, -0.05) is 17.4 Å². The largest absolute Gasteiger partial charge is 0.445 e. The van der Waals surface area contributed by atoms with Gasteiger partial charge in [-0.05, 0) is 6.07 Å². The first-order valence-corrected chi connectivity index (χ1v) is 8.26. The lowest BCUT2D eigenvalue weighted by Crippen LogP contribution is -2.45. The van der Waals surface area contributed by atoms with Gasteiger partial charge in [-0.3, -0.25) is 15.0 Å². The molecule has 25 heavy (non-hydrogen) atoms. The van der Waals surface area contributed by atoms with Crippen LogP contribution in [0.2, 0.25) is 0 Å². The molecule has 1 saturated heterocycles. The SMILES string of the molecule is O=[N+]([O-])c1cccc(N2CCN(Cc3nnc(C(F)(F)F)s3)CC2)c1. The molecule has 11 heteroatoms. The van der Waals surface area contributed by atoms with Crippen LogP contribution in [0.1, 0.15) is 10.0 Å². The van der Waals surface area contributed by atoms with E-state index in [1.807, 2.05) is 15.9 Å². The van der Waals surface area contributed by atoms with Crippen molar-refractivity contribution in [2.75, 3.05) is 31.1 Å². The van der Waals surface area contributed by atoms with E-state index in [-0.39, 0.29) is 5.69 Å². The molecular weight excluding hydrogens is 359 g/mol. The molecule has 2 heterocycles. The number of hydrogen-bond donors (Lipinski definition) is 0. The fourth-order valence-corrected chi connectivity index (χ4v) is 3.34. The number of nitro groups is 1. The molecule has 0 amide bonds. The van der Waals surface area contributed by atoms with Gasteiger partial charge in [-0.2, -0.15) is 13.2 Å². The van der Waals surface area contributed by atoms with E-state index >= 15 is 0 Å². The summed E-state index contributed by atoms with van der Waals surface area (Å²) in [5.74, 6) is 0. The van der Waals surface area contributed by atoms with Crippen molar-refractivity contribution < 1.29 is 18.1 Å². The molecule has 0 saturated carbocycles. The standard InChI is InChI=1S/C14H14F3N5O2S/c15-14(16,17)13-19-18-12(25-13)9-20-4-6-21(7-5-20)10-2-1-3-11(8-10)22(23)24/h1-3,8H,4-7,9H2. The van der Waals surface area contributed by atoms with E-state index in [0.717, 1.165) is 5.69 Å². The molecule has 1 fully saturated rings. The van der Waals surface area contributed by atoms with Crippen LogP contribution in [0.4, 0.5) is 24.5 Å². The number of rotatable bonds is 4. The summed E-state index contributed by atoms with van der Waals surface area (Å²) >= 11 is 0.558. The van der Waals surface area contributed by atoms with Gasteiger partial charge in [0.2, 0.25) is 5.01 Å². The summed E-state index contributed by atoms with van der Waals surface area (Å²) < 4.78 is 37.6. The Labute approximate surface area is 144 Å². The Morgan fingerprint density at radius 2 is 1.92 bits per heavy atom. The van der Waals surface area contributed by atoms with Gasteiger partial charge < -0.3 is 4.90 Å². The smallest absolute Gasteiger partial charge is 0.369 e. The number of anilines is 1. The molecule has 2 aromatic rings. The zero-order valence-electron chi connectivity index (χ0n) is 12.9. The third-order valence-electron chi connectivity index (χ3n) is 3.85. The molecule has 3 rings (SSSR count). The number of non-ortho nitro benzene ring substituents is 1. The number of hydrogen-bond acceptors (Lipinski definition) is 7. The highest BCUT2D eigenvalue weighted by atomic mass is 32.1. The molecule has 1 aromatic heterocycles. The molecule has 134 valence electrons. The number of aromatic nitrogens is 2. The second-order valence-corrected chi connectivity index (χ2v) is 6.60. The van der Waals surface area contributed by atoms with Gasteiger partial charge in [0, 0.05) is 44.0 Å².